The van der Waals surface area contributed by atoms with Crippen molar-refractivity contribution in [2.45, 2.75) is 17.6 Å². The summed E-state index contributed by atoms with van der Waals surface area (Å²) in [5.41, 5.74) is 19.1. The Labute approximate surface area is 338 Å². The summed E-state index contributed by atoms with van der Waals surface area (Å²) in [6.07, 6.45) is 2.23. The number of fused-ring (bicyclic) bond motifs is 9. The zero-order valence-electron chi connectivity index (χ0n) is 31.7. The molecule has 4 aliphatic rings. The van der Waals surface area contributed by atoms with E-state index < -0.39 is 5.41 Å². The summed E-state index contributed by atoms with van der Waals surface area (Å²) in [5.74, 6) is 0.878. The van der Waals surface area contributed by atoms with Crippen LogP contribution in [0.3, 0.4) is 0 Å². The lowest BCUT2D eigenvalue weighted by Gasteiger charge is -2.44. The van der Waals surface area contributed by atoms with Gasteiger partial charge in [0.25, 0.3) is 0 Å². The van der Waals surface area contributed by atoms with Crippen LogP contribution < -0.4 is 15.5 Å². The van der Waals surface area contributed by atoms with Crippen LogP contribution in [-0.4, -0.2) is 5.84 Å². The highest BCUT2D eigenvalue weighted by molar-refractivity contribution is 6.05. The molecule has 0 saturated carbocycles. The maximum Gasteiger partial charge on any atom is 0.133 e. The summed E-state index contributed by atoms with van der Waals surface area (Å²) < 4.78 is 0. The minimum atomic E-state index is -0.496. The van der Waals surface area contributed by atoms with E-state index in [1.54, 1.807) is 0 Å². The van der Waals surface area contributed by atoms with E-state index in [1.807, 2.05) is 6.07 Å². The number of benzene rings is 8. The molecule has 1 spiro atoms. The first-order valence-corrected chi connectivity index (χ1v) is 20.1. The Morgan fingerprint density at radius 1 is 0.466 bits per heavy atom. The fraction of sp³-hybridized carbons (Fsp3) is 0.0556. The van der Waals surface area contributed by atoms with Crippen molar-refractivity contribution in [3.8, 4) is 22.3 Å². The number of anilines is 3. The van der Waals surface area contributed by atoms with Gasteiger partial charge in [-0.1, -0.05) is 182 Å². The first kappa shape index (κ1) is 32.8. The SMILES string of the molecule is C1=C(c2ccccc2)NC(c2ccccc2)=NC1c1ccc(-c2ccc3c(c2)C2(c4ccccc4-3)c3ccccc3N3c4c(cccc42)NC3c2ccccc2)cc1. The minimum Gasteiger partial charge on any atom is -0.359 e. The lowest BCUT2D eigenvalue weighted by atomic mass is 9.64. The smallest absolute Gasteiger partial charge is 0.133 e. The van der Waals surface area contributed by atoms with Crippen LogP contribution in [-0.2, 0) is 5.41 Å². The van der Waals surface area contributed by atoms with Crippen LogP contribution in [0.1, 0.15) is 56.7 Å². The summed E-state index contributed by atoms with van der Waals surface area (Å²) in [4.78, 5) is 7.77. The molecule has 274 valence electrons. The minimum absolute atomic E-state index is 0.0107. The number of hydrogen-bond donors (Lipinski definition) is 2. The van der Waals surface area contributed by atoms with Crippen LogP contribution in [0.5, 0.6) is 0 Å². The zero-order valence-corrected chi connectivity index (χ0v) is 31.7. The monoisotopic (exact) mass is 742 g/mol. The molecule has 4 heteroatoms. The number of aliphatic imine (C=N–C) groups is 1. The Balaban J connectivity index is 0.992. The van der Waals surface area contributed by atoms with E-state index in [0.29, 0.717) is 0 Å². The number of rotatable bonds is 5. The maximum atomic E-state index is 5.23. The van der Waals surface area contributed by atoms with Crippen molar-refractivity contribution in [2.75, 3.05) is 10.2 Å². The highest BCUT2D eigenvalue weighted by atomic mass is 15.3. The molecule has 3 heterocycles. The molecule has 0 bridgehead atoms. The standard InChI is InChI=1S/C54H38N4/c1-4-15-36(16-5-1)48-34-49(56-52(55-48)38-17-6-2-7-18-38)37-29-27-35(28-30-37)40-31-32-42-41-21-10-11-22-43(41)54(46(42)33-40)44-23-12-13-26-50(44)58-51-45(54)24-14-25-47(51)57-53(58)39-19-8-3-9-20-39/h1-34,49,53,57H,(H,55,56). The average Bonchev–Trinajstić information content (AvgIpc) is 3.84. The van der Waals surface area contributed by atoms with E-state index in [9.17, 15) is 0 Å². The van der Waals surface area contributed by atoms with Crippen LogP contribution in [0.15, 0.2) is 211 Å². The second kappa shape index (κ2) is 12.8. The molecule has 0 radical (unpaired) electrons. The molecule has 3 atom stereocenters. The maximum absolute atomic E-state index is 5.23. The van der Waals surface area contributed by atoms with Gasteiger partial charge in [-0.3, -0.25) is 4.99 Å². The van der Waals surface area contributed by atoms with E-state index in [-0.39, 0.29) is 12.2 Å². The molecule has 8 aromatic rings. The van der Waals surface area contributed by atoms with Crippen molar-refractivity contribution in [3.05, 3.63) is 251 Å². The third-order valence-electron chi connectivity index (χ3n) is 12.5. The van der Waals surface area contributed by atoms with Gasteiger partial charge in [0.1, 0.15) is 12.0 Å². The third-order valence-corrected chi connectivity index (χ3v) is 12.5. The number of nitrogens with one attached hydrogen (secondary N) is 2. The number of para-hydroxylation sites is 2. The molecule has 4 nitrogen and oxygen atoms in total. The Kier molecular flexibility index (Phi) is 7.24. The quantitative estimate of drug-likeness (QED) is 0.184. The van der Waals surface area contributed by atoms with E-state index in [2.05, 4.69) is 216 Å². The molecule has 3 aliphatic heterocycles. The predicted molar refractivity (Wildman–Crippen MR) is 237 cm³/mol. The van der Waals surface area contributed by atoms with E-state index >= 15 is 0 Å². The molecule has 0 amide bonds. The van der Waals surface area contributed by atoms with Gasteiger partial charge in [0.05, 0.1) is 22.8 Å². The Bertz CT molecular complexity index is 2900. The van der Waals surface area contributed by atoms with Gasteiger partial charge in [-0.2, -0.15) is 0 Å². The topological polar surface area (TPSA) is 39.7 Å². The molecule has 3 unspecified atom stereocenters. The van der Waals surface area contributed by atoms with Gasteiger partial charge in [0, 0.05) is 16.9 Å². The summed E-state index contributed by atoms with van der Waals surface area (Å²) >= 11 is 0. The highest BCUT2D eigenvalue weighted by Gasteiger charge is 2.54. The van der Waals surface area contributed by atoms with Crippen LogP contribution in [0.25, 0.3) is 28.0 Å². The first-order valence-electron chi connectivity index (χ1n) is 20.1. The normalized spacial score (nSPS) is 19.2. The second-order valence-electron chi connectivity index (χ2n) is 15.6. The number of hydrogen-bond acceptors (Lipinski definition) is 4. The molecule has 8 aromatic carbocycles. The van der Waals surface area contributed by atoms with Crippen molar-refractivity contribution >= 4 is 28.6 Å². The van der Waals surface area contributed by atoms with Gasteiger partial charge in [0.2, 0.25) is 0 Å². The average molecular weight is 743 g/mol. The molecule has 2 N–H and O–H groups in total. The van der Waals surface area contributed by atoms with E-state index in [0.717, 1.165) is 28.2 Å². The van der Waals surface area contributed by atoms with E-state index in [4.69, 9.17) is 4.99 Å². The van der Waals surface area contributed by atoms with Gasteiger partial charge in [-0.15, -0.1) is 0 Å². The fourth-order valence-electron chi connectivity index (χ4n) is 9.98. The largest absolute Gasteiger partial charge is 0.359 e. The van der Waals surface area contributed by atoms with Crippen molar-refractivity contribution in [3.63, 3.8) is 0 Å². The lowest BCUT2D eigenvalue weighted by molar-refractivity contribution is 0.720. The van der Waals surface area contributed by atoms with Crippen molar-refractivity contribution in [1.82, 2.24) is 5.32 Å². The Morgan fingerprint density at radius 3 is 1.90 bits per heavy atom. The lowest BCUT2D eigenvalue weighted by Crippen LogP contribution is -2.37. The van der Waals surface area contributed by atoms with Crippen molar-refractivity contribution in [1.29, 1.82) is 0 Å². The Morgan fingerprint density at radius 2 is 1.10 bits per heavy atom. The van der Waals surface area contributed by atoms with Gasteiger partial charge < -0.3 is 15.5 Å². The second-order valence-corrected chi connectivity index (χ2v) is 15.6. The molecule has 1 aliphatic carbocycles. The Hall–Kier alpha value is -7.43. The van der Waals surface area contributed by atoms with Crippen LogP contribution >= 0.6 is 0 Å². The molecular weight excluding hydrogens is 705 g/mol. The van der Waals surface area contributed by atoms with Crippen molar-refractivity contribution in [2.24, 2.45) is 4.99 Å². The van der Waals surface area contributed by atoms with Gasteiger partial charge in [0.15, 0.2) is 0 Å². The van der Waals surface area contributed by atoms with Gasteiger partial charge in [-0.25, -0.2) is 0 Å². The number of nitrogens with zero attached hydrogens (tertiary/aromatic N) is 2. The predicted octanol–water partition coefficient (Wildman–Crippen LogP) is 12.4. The van der Waals surface area contributed by atoms with Gasteiger partial charge in [-0.05, 0) is 85.5 Å². The van der Waals surface area contributed by atoms with Gasteiger partial charge >= 0.3 is 0 Å². The van der Waals surface area contributed by atoms with Crippen LogP contribution in [0.2, 0.25) is 0 Å². The fourth-order valence-corrected chi connectivity index (χ4v) is 9.98. The van der Waals surface area contributed by atoms with Crippen LogP contribution in [0.4, 0.5) is 17.1 Å². The van der Waals surface area contributed by atoms with Crippen LogP contribution in [0, 0.1) is 0 Å². The number of amidine groups is 1. The molecule has 12 rings (SSSR count). The first-order chi connectivity index (χ1) is 28.8. The summed E-state index contributed by atoms with van der Waals surface area (Å²) in [6, 6.07) is 72.7. The summed E-state index contributed by atoms with van der Waals surface area (Å²) in [6.45, 7) is 0. The molecule has 0 saturated heterocycles. The highest BCUT2D eigenvalue weighted by Crippen LogP contribution is 2.66. The molecular formula is C54H38N4. The summed E-state index contributed by atoms with van der Waals surface area (Å²) in [5, 5.41) is 7.55. The van der Waals surface area contributed by atoms with Crippen molar-refractivity contribution < 1.29 is 0 Å². The molecule has 58 heavy (non-hydrogen) atoms. The molecule has 0 aromatic heterocycles. The summed E-state index contributed by atoms with van der Waals surface area (Å²) in [7, 11) is 0. The van der Waals surface area contributed by atoms with E-state index in [1.165, 1.54) is 67.1 Å². The third kappa shape index (κ3) is 4.78. The molecule has 0 fully saturated rings. The zero-order chi connectivity index (χ0) is 38.2.